The number of hydrogen-bond acceptors (Lipinski definition) is 4. The average Bonchev–Trinajstić information content (AvgIpc) is 2.88. The molecule has 102 valence electrons. The maximum Gasteiger partial charge on any atom is 0.140 e. The fourth-order valence-electron chi connectivity index (χ4n) is 1.97. The molecule has 0 aliphatic heterocycles. The lowest BCUT2D eigenvalue weighted by molar-refractivity contribution is 0.199. The van der Waals surface area contributed by atoms with Crippen LogP contribution >= 0.6 is 11.3 Å². The molecule has 3 aromatic rings. The number of nitrogens with zero attached hydrogens (tertiary/aromatic N) is 1. The predicted molar refractivity (Wildman–Crippen MR) is 81.0 cm³/mol. The van der Waals surface area contributed by atoms with Crippen LogP contribution in [0.15, 0.2) is 48.5 Å². The molecule has 1 unspecified atom stereocenters. The van der Waals surface area contributed by atoms with Gasteiger partial charge in [0.15, 0.2) is 0 Å². The summed E-state index contributed by atoms with van der Waals surface area (Å²) in [5.74, 6) is 0.786. The highest BCUT2D eigenvalue weighted by atomic mass is 32.1. The predicted octanol–water partition coefficient (Wildman–Crippen LogP) is 3.93. The largest absolute Gasteiger partial charge is 0.486 e. The number of benzene rings is 2. The number of rotatable bonds is 4. The first-order valence-electron chi connectivity index (χ1n) is 6.47. The van der Waals surface area contributed by atoms with Gasteiger partial charge in [-0.2, -0.15) is 0 Å². The van der Waals surface area contributed by atoms with Gasteiger partial charge in [0.05, 0.1) is 16.3 Å². The summed E-state index contributed by atoms with van der Waals surface area (Å²) in [6.07, 6.45) is -0.451. The van der Waals surface area contributed by atoms with E-state index in [0.29, 0.717) is 6.61 Å². The first-order valence-corrected chi connectivity index (χ1v) is 7.29. The van der Waals surface area contributed by atoms with E-state index >= 15 is 0 Å². The summed E-state index contributed by atoms with van der Waals surface area (Å²) in [7, 11) is 0. The van der Waals surface area contributed by atoms with Gasteiger partial charge in [0, 0.05) is 0 Å². The van der Waals surface area contributed by atoms with Gasteiger partial charge in [0.25, 0.3) is 0 Å². The van der Waals surface area contributed by atoms with Crippen molar-refractivity contribution >= 4 is 21.6 Å². The number of aliphatic hydroxyl groups is 1. The first-order chi connectivity index (χ1) is 9.72. The molecule has 3 nitrogen and oxygen atoms in total. The van der Waals surface area contributed by atoms with E-state index in [-0.39, 0.29) is 0 Å². The maximum atomic E-state index is 9.45. The van der Waals surface area contributed by atoms with E-state index in [1.165, 1.54) is 4.70 Å². The molecule has 0 aliphatic rings. The summed E-state index contributed by atoms with van der Waals surface area (Å²) in [6, 6.07) is 15.6. The van der Waals surface area contributed by atoms with Crippen molar-refractivity contribution in [1.82, 2.24) is 4.98 Å². The Bertz CT molecular complexity index is 671. The topological polar surface area (TPSA) is 42.4 Å². The van der Waals surface area contributed by atoms with E-state index in [1.54, 1.807) is 18.3 Å². The van der Waals surface area contributed by atoms with Crippen LogP contribution in [0.5, 0.6) is 5.75 Å². The zero-order valence-electron chi connectivity index (χ0n) is 11.1. The van der Waals surface area contributed by atoms with Gasteiger partial charge in [-0.15, -0.1) is 11.3 Å². The van der Waals surface area contributed by atoms with Crippen molar-refractivity contribution in [2.24, 2.45) is 0 Å². The maximum absolute atomic E-state index is 9.45. The Morgan fingerprint density at radius 2 is 1.90 bits per heavy atom. The van der Waals surface area contributed by atoms with Crippen LogP contribution in [0.1, 0.15) is 23.6 Å². The Kier molecular flexibility index (Phi) is 3.67. The van der Waals surface area contributed by atoms with Crippen molar-refractivity contribution in [3.63, 3.8) is 0 Å². The molecule has 0 radical (unpaired) electrons. The van der Waals surface area contributed by atoms with Crippen LogP contribution < -0.4 is 4.74 Å². The summed E-state index contributed by atoms with van der Waals surface area (Å²) < 4.78 is 6.90. The van der Waals surface area contributed by atoms with Crippen LogP contribution in [0, 0.1) is 0 Å². The minimum atomic E-state index is -0.451. The molecular weight excluding hydrogens is 270 g/mol. The zero-order chi connectivity index (χ0) is 13.9. The zero-order valence-corrected chi connectivity index (χ0v) is 11.9. The van der Waals surface area contributed by atoms with Crippen molar-refractivity contribution < 1.29 is 9.84 Å². The summed E-state index contributed by atoms with van der Waals surface area (Å²) in [6.45, 7) is 2.21. The van der Waals surface area contributed by atoms with Crippen LogP contribution in [-0.4, -0.2) is 10.1 Å². The minimum absolute atomic E-state index is 0.451. The number of aromatic nitrogens is 1. The lowest BCUT2D eigenvalue weighted by atomic mass is 10.1. The molecule has 1 aromatic heterocycles. The second-order valence-electron chi connectivity index (χ2n) is 4.61. The van der Waals surface area contributed by atoms with E-state index in [9.17, 15) is 5.11 Å². The molecule has 4 heteroatoms. The van der Waals surface area contributed by atoms with E-state index in [0.717, 1.165) is 21.8 Å². The lowest BCUT2D eigenvalue weighted by Gasteiger charge is -2.07. The summed E-state index contributed by atoms with van der Waals surface area (Å²) in [4.78, 5) is 4.53. The molecule has 0 spiro atoms. The Hall–Kier alpha value is -1.91. The molecule has 1 atom stereocenters. The molecule has 20 heavy (non-hydrogen) atoms. The van der Waals surface area contributed by atoms with Crippen molar-refractivity contribution in [1.29, 1.82) is 0 Å². The normalized spacial score (nSPS) is 12.5. The molecule has 0 saturated carbocycles. The molecule has 3 rings (SSSR count). The van der Waals surface area contributed by atoms with Gasteiger partial charge >= 0.3 is 0 Å². The summed E-state index contributed by atoms with van der Waals surface area (Å²) in [5, 5.41) is 10.4. The van der Waals surface area contributed by atoms with E-state index in [4.69, 9.17) is 4.74 Å². The number of thiazole rings is 1. The third-order valence-corrected chi connectivity index (χ3v) is 4.07. The Morgan fingerprint density at radius 1 is 1.15 bits per heavy atom. The monoisotopic (exact) mass is 285 g/mol. The quantitative estimate of drug-likeness (QED) is 0.789. The van der Waals surface area contributed by atoms with Crippen molar-refractivity contribution in [3.05, 3.63) is 59.1 Å². The molecular formula is C16H15NO2S. The number of aliphatic hydroxyl groups excluding tert-OH is 1. The highest BCUT2D eigenvalue weighted by Crippen LogP contribution is 2.23. The standard InChI is InChI=1S/C16H15NO2S/c1-11(18)12-6-8-13(9-7-12)19-10-16-17-14-4-2-3-5-15(14)20-16/h2-9,11,18H,10H2,1H3. The van der Waals surface area contributed by atoms with Gasteiger partial charge in [-0.3, -0.25) is 0 Å². The molecule has 2 aromatic carbocycles. The smallest absolute Gasteiger partial charge is 0.140 e. The van der Waals surface area contributed by atoms with E-state index < -0.39 is 6.10 Å². The van der Waals surface area contributed by atoms with Gasteiger partial charge in [-0.25, -0.2) is 4.98 Å². The van der Waals surface area contributed by atoms with E-state index in [2.05, 4.69) is 11.1 Å². The first kappa shape index (κ1) is 13.1. The van der Waals surface area contributed by atoms with Crippen LogP contribution in [0.2, 0.25) is 0 Å². The SMILES string of the molecule is CC(O)c1ccc(OCc2nc3ccccc3s2)cc1. The van der Waals surface area contributed by atoms with Crippen molar-refractivity contribution in [3.8, 4) is 5.75 Å². The lowest BCUT2D eigenvalue weighted by Crippen LogP contribution is -1.95. The van der Waals surface area contributed by atoms with Crippen LogP contribution in [-0.2, 0) is 6.61 Å². The number of fused-ring (bicyclic) bond motifs is 1. The average molecular weight is 285 g/mol. The number of ether oxygens (including phenoxy) is 1. The second kappa shape index (κ2) is 5.61. The Morgan fingerprint density at radius 3 is 2.60 bits per heavy atom. The summed E-state index contributed by atoms with van der Waals surface area (Å²) >= 11 is 1.65. The third-order valence-electron chi connectivity index (χ3n) is 3.06. The van der Waals surface area contributed by atoms with Gasteiger partial charge in [-0.05, 0) is 36.8 Å². The van der Waals surface area contributed by atoms with Crippen LogP contribution in [0.25, 0.3) is 10.2 Å². The van der Waals surface area contributed by atoms with Crippen molar-refractivity contribution in [2.45, 2.75) is 19.6 Å². The van der Waals surface area contributed by atoms with Gasteiger partial charge < -0.3 is 9.84 Å². The minimum Gasteiger partial charge on any atom is -0.486 e. The molecule has 1 heterocycles. The second-order valence-corrected chi connectivity index (χ2v) is 5.72. The van der Waals surface area contributed by atoms with Crippen LogP contribution in [0.3, 0.4) is 0 Å². The third kappa shape index (κ3) is 2.81. The van der Waals surface area contributed by atoms with Gasteiger partial charge in [0.1, 0.15) is 17.4 Å². The highest BCUT2D eigenvalue weighted by molar-refractivity contribution is 7.18. The van der Waals surface area contributed by atoms with Gasteiger partial charge in [-0.1, -0.05) is 24.3 Å². The molecule has 0 amide bonds. The number of para-hydroxylation sites is 1. The molecule has 0 aliphatic carbocycles. The van der Waals surface area contributed by atoms with E-state index in [1.807, 2.05) is 42.5 Å². The molecule has 0 fully saturated rings. The fourth-order valence-corrected chi connectivity index (χ4v) is 2.85. The highest BCUT2D eigenvalue weighted by Gasteiger charge is 2.05. The molecule has 1 N–H and O–H groups in total. The Balaban J connectivity index is 1.69. The van der Waals surface area contributed by atoms with Gasteiger partial charge in [0.2, 0.25) is 0 Å². The number of hydrogen-bond donors (Lipinski definition) is 1. The molecule has 0 saturated heterocycles. The summed E-state index contributed by atoms with van der Waals surface area (Å²) in [5.41, 5.74) is 1.90. The fraction of sp³-hybridized carbons (Fsp3) is 0.188. The van der Waals surface area contributed by atoms with Crippen molar-refractivity contribution in [2.75, 3.05) is 0 Å². The van der Waals surface area contributed by atoms with Crippen LogP contribution in [0.4, 0.5) is 0 Å². The molecule has 0 bridgehead atoms. The Labute approximate surface area is 121 Å².